The van der Waals surface area contributed by atoms with Gasteiger partial charge in [0.05, 0.1) is 0 Å². The van der Waals surface area contributed by atoms with Crippen LogP contribution in [0.3, 0.4) is 0 Å². The van der Waals surface area contributed by atoms with Crippen molar-refractivity contribution >= 4 is 23.2 Å². The highest BCUT2D eigenvalue weighted by Gasteiger charge is 2.28. The number of benzene rings is 2. The largest absolute Gasteiger partial charge is 0.381 e. The van der Waals surface area contributed by atoms with E-state index in [1.165, 1.54) is 6.07 Å². The van der Waals surface area contributed by atoms with Crippen LogP contribution in [-0.4, -0.2) is 25.2 Å². The zero-order valence-corrected chi connectivity index (χ0v) is 18.1. The molecule has 3 N–H and O–H groups in total. The number of hydrogen-bond donors (Lipinski definition) is 2. The molecule has 1 aliphatic heterocycles. The fourth-order valence-corrected chi connectivity index (χ4v) is 4.21. The molecule has 1 fully saturated rings. The predicted octanol–water partition coefficient (Wildman–Crippen LogP) is 5.30. The van der Waals surface area contributed by atoms with Crippen LogP contribution >= 0.6 is 11.6 Å². The van der Waals surface area contributed by atoms with Crippen LogP contribution in [0, 0.1) is 11.7 Å². The number of hydrogen-bond acceptors (Lipinski definition) is 3. The highest BCUT2D eigenvalue weighted by molar-refractivity contribution is 6.30. The summed E-state index contributed by atoms with van der Waals surface area (Å²) in [5.74, 6) is -0.01000. The van der Waals surface area contributed by atoms with Gasteiger partial charge < -0.3 is 15.8 Å². The number of rotatable bonds is 8. The van der Waals surface area contributed by atoms with Gasteiger partial charge in [-0.3, -0.25) is 4.79 Å². The standard InChI is InChI=1S/C24H30ClFN2O2/c1-16(27)5-10-20-22(26)3-2-4-23(20)28-24(29)15-21(18-11-13-30-14-12-18)17-6-8-19(25)9-7-17/h2-4,6-9,16,18,21H,5,10-15,27H2,1H3,(H,28,29). The third-order valence-corrected chi connectivity index (χ3v) is 6.03. The molecule has 4 nitrogen and oxygen atoms in total. The van der Waals surface area contributed by atoms with E-state index in [0.717, 1.165) is 18.4 Å². The Morgan fingerprint density at radius 1 is 1.23 bits per heavy atom. The van der Waals surface area contributed by atoms with Crippen LogP contribution in [0.1, 0.15) is 49.7 Å². The minimum Gasteiger partial charge on any atom is -0.381 e. The number of halogens is 2. The number of nitrogens with two attached hydrogens (primary N) is 1. The average Bonchev–Trinajstić information content (AvgIpc) is 2.73. The Balaban J connectivity index is 1.76. The highest BCUT2D eigenvalue weighted by Crippen LogP contribution is 2.36. The van der Waals surface area contributed by atoms with Crippen LogP contribution < -0.4 is 11.1 Å². The molecule has 3 rings (SSSR count). The lowest BCUT2D eigenvalue weighted by Gasteiger charge is -2.30. The summed E-state index contributed by atoms with van der Waals surface area (Å²) in [5, 5.41) is 3.62. The molecular formula is C24H30ClFN2O2. The molecule has 1 heterocycles. The van der Waals surface area contributed by atoms with Gasteiger partial charge in [0.15, 0.2) is 0 Å². The summed E-state index contributed by atoms with van der Waals surface area (Å²) in [6.07, 6.45) is 3.30. The van der Waals surface area contributed by atoms with Gasteiger partial charge in [-0.2, -0.15) is 0 Å². The van der Waals surface area contributed by atoms with Gasteiger partial charge in [-0.15, -0.1) is 0 Å². The lowest BCUT2D eigenvalue weighted by Crippen LogP contribution is -2.26. The molecule has 6 heteroatoms. The molecule has 1 aliphatic rings. The Hall–Kier alpha value is -1.95. The van der Waals surface area contributed by atoms with Gasteiger partial charge >= 0.3 is 0 Å². The van der Waals surface area contributed by atoms with E-state index in [-0.39, 0.29) is 23.7 Å². The van der Waals surface area contributed by atoms with Crippen molar-refractivity contribution in [2.24, 2.45) is 11.7 Å². The maximum Gasteiger partial charge on any atom is 0.225 e. The summed E-state index contributed by atoms with van der Waals surface area (Å²) in [4.78, 5) is 13.0. The highest BCUT2D eigenvalue weighted by atomic mass is 35.5. The Bertz CT molecular complexity index is 836. The van der Waals surface area contributed by atoms with Gasteiger partial charge in [-0.05, 0) is 74.3 Å². The molecule has 0 bridgehead atoms. The first kappa shape index (κ1) is 22.7. The first-order valence-electron chi connectivity index (χ1n) is 10.6. The van der Waals surface area contributed by atoms with Crippen LogP contribution in [0.15, 0.2) is 42.5 Å². The number of nitrogens with one attached hydrogen (secondary N) is 1. The average molecular weight is 433 g/mol. The summed E-state index contributed by atoms with van der Waals surface area (Å²) in [5.41, 5.74) is 7.97. The van der Waals surface area contributed by atoms with Crippen molar-refractivity contribution in [3.8, 4) is 0 Å². The molecular weight excluding hydrogens is 403 g/mol. The SMILES string of the molecule is CC(N)CCc1c(F)cccc1NC(=O)CC(c1ccc(Cl)cc1)C1CCOCC1. The van der Waals surface area contributed by atoms with Crippen molar-refractivity contribution in [2.45, 2.75) is 51.0 Å². The summed E-state index contributed by atoms with van der Waals surface area (Å²) < 4.78 is 19.9. The van der Waals surface area contributed by atoms with E-state index in [1.54, 1.807) is 12.1 Å². The van der Waals surface area contributed by atoms with Crippen LogP contribution in [0.5, 0.6) is 0 Å². The van der Waals surface area contributed by atoms with Crippen LogP contribution in [0.2, 0.25) is 5.02 Å². The van der Waals surface area contributed by atoms with Gasteiger partial charge in [-0.1, -0.05) is 29.8 Å². The molecule has 162 valence electrons. The summed E-state index contributed by atoms with van der Waals surface area (Å²) in [7, 11) is 0. The first-order valence-corrected chi connectivity index (χ1v) is 11.0. The third kappa shape index (κ3) is 6.27. The topological polar surface area (TPSA) is 64.3 Å². The molecule has 2 aromatic carbocycles. The van der Waals surface area contributed by atoms with E-state index >= 15 is 0 Å². The van der Waals surface area contributed by atoms with E-state index < -0.39 is 0 Å². The molecule has 2 atom stereocenters. The van der Waals surface area contributed by atoms with E-state index in [0.29, 0.717) is 54.7 Å². The lowest BCUT2D eigenvalue weighted by atomic mass is 9.79. The number of anilines is 1. The maximum atomic E-state index is 14.4. The summed E-state index contributed by atoms with van der Waals surface area (Å²) >= 11 is 6.06. The Morgan fingerprint density at radius 3 is 2.60 bits per heavy atom. The summed E-state index contributed by atoms with van der Waals surface area (Å²) in [6.45, 7) is 3.31. The van der Waals surface area contributed by atoms with Crippen molar-refractivity contribution < 1.29 is 13.9 Å². The third-order valence-electron chi connectivity index (χ3n) is 5.78. The van der Waals surface area contributed by atoms with Crippen LogP contribution in [0.4, 0.5) is 10.1 Å². The zero-order valence-electron chi connectivity index (χ0n) is 17.4. The van der Waals surface area contributed by atoms with Crippen molar-refractivity contribution in [3.63, 3.8) is 0 Å². The Labute approximate surface area is 182 Å². The monoisotopic (exact) mass is 432 g/mol. The van der Waals surface area contributed by atoms with Crippen molar-refractivity contribution in [1.82, 2.24) is 0 Å². The molecule has 1 saturated heterocycles. The lowest BCUT2D eigenvalue weighted by molar-refractivity contribution is -0.117. The second-order valence-electron chi connectivity index (χ2n) is 8.14. The smallest absolute Gasteiger partial charge is 0.225 e. The second kappa shape index (κ2) is 10.9. The minimum atomic E-state index is -0.313. The van der Waals surface area contributed by atoms with Gasteiger partial charge in [0.1, 0.15) is 5.82 Å². The quantitative estimate of drug-likeness (QED) is 0.595. The van der Waals surface area contributed by atoms with E-state index in [9.17, 15) is 9.18 Å². The maximum absolute atomic E-state index is 14.4. The van der Waals surface area contributed by atoms with Crippen molar-refractivity contribution in [1.29, 1.82) is 0 Å². The fraction of sp³-hybridized carbons (Fsp3) is 0.458. The number of carbonyl (C=O) groups excluding carboxylic acids is 1. The number of amides is 1. The Morgan fingerprint density at radius 2 is 1.93 bits per heavy atom. The molecule has 0 radical (unpaired) electrons. The van der Waals surface area contributed by atoms with Crippen LogP contribution in [0.25, 0.3) is 0 Å². The van der Waals surface area contributed by atoms with E-state index in [1.807, 2.05) is 31.2 Å². The molecule has 2 unspecified atom stereocenters. The van der Waals surface area contributed by atoms with Crippen molar-refractivity contribution in [3.05, 3.63) is 64.4 Å². The van der Waals surface area contributed by atoms with Crippen molar-refractivity contribution in [2.75, 3.05) is 18.5 Å². The molecule has 0 aromatic heterocycles. The molecule has 0 spiro atoms. The number of ether oxygens (including phenoxy) is 1. The van der Waals surface area contributed by atoms with Gasteiger partial charge in [-0.25, -0.2) is 4.39 Å². The Kier molecular flexibility index (Phi) is 8.25. The molecule has 0 aliphatic carbocycles. The van der Waals surface area contributed by atoms with Crippen LogP contribution in [-0.2, 0) is 16.0 Å². The molecule has 1 amide bonds. The van der Waals surface area contributed by atoms with Gasteiger partial charge in [0.2, 0.25) is 5.91 Å². The fourth-order valence-electron chi connectivity index (χ4n) is 4.09. The first-order chi connectivity index (χ1) is 14.4. The molecule has 2 aromatic rings. The molecule has 0 saturated carbocycles. The predicted molar refractivity (Wildman–Crippen MR) is 119 cm³/mol. The van der Waals surface area contributed by atoms with E-state index in [2.05, 4.69) is 5.32 Å². The summed E-state index contributed by atoms with van der Waals surface area (Å²) in [6, 6.07) is 12.5. The normalized spacial score (nSPS) is 16.8. The van der Waals surface area contributed by atoms with E-state index in [4.69, 9.17) is 22.1 Å². The number of carbonyl (C=O) groups is 1. The van der Waals surface area contributed by atoms with Gasteiger partial charge in [0, 0.05) is 41.9 Å². The second-order valence-corrected chi connectivity index (χ2v) is 8.58. The minimum absolute atomic E-state index is 0.0315. The molecule has 30 heavy (non-hydrogen) atoms. The van der Waals surface area contributed by atoms with Gasteiger partial charge in [0.25, 0.3) is 0 Å². The zero-order chi connectivity index (χ0) is 21.5.